The second kappa shape index (κ2) is 8.66. The largest absolute Gasteiger partial charge is 0.335 e. The molecule has 0 radical (unpaired) electrons. The first kappa shape index (κ1) is 19.5. The van der Waals surface area contributed by atoms with Gasteiger partial charge in [0.25, 0.3) is 0 Å². The van der Waals surface area contributed by atoms with Crippen LogP contribution in [0.5, 0.6) is 0 Å². The number of hydrogen-bond donors (Lipinski definition) is 2. The van der Waals surface area contributed by atoms with Crippen molar-refractivity contribution in [2.24, 2.45) is 0 Å². The second-order valence-electron chi connectivity index (χ2n) is 8.53. The number of thiophene rings is 1. The van der Waals surface area contributed by atoms with Gasteiger partial charge in [0.05, 0.1) is 0 Å². The number of nitrogens with zero attached hydrogens (tertiary/aromatic N) is 1. The molecule has 0 saturated carbocycles. The fourth-order valence-corrected chi connectivity index (χ4v) is 5.45. The van der Waals surface area contributed by atoms with Crippen LogP contribution in [0.2, 0.25) is 0 Å². The molecule has 2 fully saturated rings. The molecule has 4 rings (SSSR count). The Kier molecular flexibility index (Phi) is 6.02. The zero-order chi connectivity index (χ0) is 19.5. The van der Waals surface area contributed by atoms with Crippen molar-refractivity contribution in [3.8, 4) is 0 Å². The normalized spacial score (nSPS) is 24.9. The van der Waals surface area contributed by atoms with Crippen LogP contribution in [0.25, 0.3) is 0 Å². The first-order chi connectivity index (χ1) is 13.6. The minimum absolute atomic E-state index is 0.0768. The standard InChI is InChI=1S/C23H31N3OS/c1-16(2)17-8-10-18(11-9-17)24-23(27)25-19-13-20-5-3-6-21(14-19)26(20)15-22-7-4-12-28-22/h4,7-12,16,19-21H,3,5-6,13-15H2,1-2H3,(H2,24,25,27)/t20-,21-/m0/s1. The molecule has 2 aromatic rings. The van der Waals surface area contributed by atoms with Gasteiger partial charge in [-0.2, -0.15) is 0 Å². The van der Waals surface area contributed by atoms with Crippen LogP contribution in [0.3, 0.4) is 0 Å². The number of benzene rings is 1. The topological polar surface area (TPSA) is 44.4 Å². The van der Waals surface area contributed by atoms with Gasteiger partial charge in [0.1, 0.15) is 0 Å². The number of carbonyl (C=O) groups excluding carboxylic acids is 1. The van der Waals surface area contributed by atoms with Crippen molar-refractivity contribution in [3.05, 3.63) is 52.2 Å². The van der Waals surface area contributed by atoms with Crippen LogP contribution in [0.1, 0.15) is 62.3 Å². The maximum atomic E-state index is 12.5. The lowest BCUT2D eigenvalue weighted by Crippen LogP contribution is -2.56. The lowest BCUT2D eigenvalue weighted by molar-refractivity contribution is 0.0208. The molecule has 28 heavy (non-hydrogen) atoms. The molecule has 2 amide bonds. The number of urea groups is 1. The molecular weight excluding hydrogens is 366 g/mol. The zero-order valence-electron chi connectivity index (χ0n) is 16.9. The van der Waals surface area contributed by atoms with Gasteiger partial charge in [-0.1, -0.05) is 38.5 Å². The van der Waals surface area contributed by atoms with E-state index in [0.29, 0.717) is 18.0 Å². The van der Waals surface area contributed by atoms with Crippen LogP contribution in [0.4, 0.5) is 10.5 Å². The Bertz CT molecular complexity index is 758. The third-order valence-corrected chi connectivity index (χ3v) is 7.08. The van der Waals surface area contributed by atoms with Crippen LogP contribution in [0, 0.1) is 0 Å². The predicted molar refractivity (Wildman–Crippen MR) is 117 cm³/mol. The molecule has 2 atom stereocenters. The molecule has 1 aromatic heterocycles. The van der Waals surface area contributed by atoms with Crippen LogP contribution in [-0.4, -0.2) is 29.1 Å². The summed E-state index contributed by atoms with van der Waals surface area (Å²) >= 11 is 1.85. The molecule has 2 aliphatic rings. The van der Waals surface area contributed by atoms with E-state index < -0.39 is 0 Å². The van der Waals surface area contributed by atoms with E-state index in [1.54, 1.807) is 0 Å². The molecule has 0 aliphatic carbocycles. The Morgan fingerprint density at radius 3 is 2.46 bits per heavy atom. The highest BCUT2D eigenvalue weighted by atomic mass is 32.1. The summed E-state index contributed by atoms with van der Waals surface area (Å²) in [6, 6.07) is 13.9. The third kappa shape index (κ3) is 4.58. The lowest BCUT2D eigenvalue weighted by atomic mass is 9.81. The van der Waals surface area contributed by atoms with E-state index in [4.69, 9.17) is 0 Å². The van der Waals surface area contributed by atoms with E-state index in [2.05, 4.69) is 59.0 Å². The summed E-state index contributed by atoms with van der Waals surface area (Å²) in [5.41, 5.74) is 2.15. The molecular formula is C23H31N3OS. The molecule has 5 heteroatoms. The fourth-order valence-electron chi connectivity index (χ4n) is 4.74. The van der Waals surface area contributed by atoms with Gasteiger partial charge in [-0.3, -0.25) is 4.90 Å². The van der Waals surface area contributed by atoms with Crippen LogP contribution >= 0.6 is 11.3 Å². The minimum Gasteiger partial charge on any atom is -0.335 e. The van der Waals surface area contributed by atoms with Gasteiger partial charge in [-0.05, 0) is 60.7 Å². The Balaban J connectivity index is 1.32. The molecule has 150 valence electrons. The average molecular weight is 398 g/mol. The molecule has 0 unspecified atom stereocenters. The second-order valence-corrected chi connectivity index (χ2v) is 9.57. The summed E-state index contributed by atoms with van der Waals surface area (Å²) in [6.45, 7) is 5.42. The third-order valence-electron chi connectivity index (χ3n) is 6.21. The molecule has 3 heterocycles. The maximum absolute atomic E-state index is 12.5. The van der Waals surface area contributed by atoms with Gasteiger partial charge in [-0.15, -0.1) is 11.3 Å². The van der Waals surface area contributed by atoms with Crippen molar-refractivity contribution >= 4 is 23.1 Å². The Morgan fingerprint density at radius 1 is 1.14 bits per heavy atom. The molecule has 1 aromatic carbocycles. The van der Waals surface area contributed by atoms with Gasteiger partial charge in [-0.25, -0.2) is 4.79 Å². The SMILES string of the molecule is CC(C)c1ccc(NC(=O)NC2C[C@@H]3CCC[C@@H](C2)N3Cc2cccs2)cc1. The van der Waals surface area contributed by atoms with E-state index in [0.717, 1.165) is 25.1 Å². The van der Waals surface area contributed by atoms with Crippen molar-refractivity contribution in [1.82, 2.24) is 10.2 Å². The lowest BCUT2D eigenvalue weighted by Gasteiger charge is -2.48. The highest BCUT2D eigenvalue weighted by molar-refractivity contribution is 7.09. The van der Waals surface area contributed by atoms with Crippen LogP contribution in [0.15, 0.2) is 41.8 Å². The van der Waals surface area contributed by atoms with Gasteiger partial charge in [0.2, 0.25) is 0 Å². The van der Waals surface area contributed by atoms with E-state index >= 15 is 0 Å². The number of fused-ring (bicyclic) bond motifs is 2. The van der Waals surface area contributed by atoms with Gasteiger partial charge < -0.3 is 10.6 Å². The number of piperidine rings is 2. The molecule has 2 bridgehead atoms. The molecule has 0 spiro atoms. The fraction of sp³-hybridized carbons (Fsp3) is 0.522. The Hall–Kier alpha value is -1.85. The molecule has 2 aliphatic heterocycles. The summed E-state index contributed by atoms with van der Waals surface area (Å²) in [7, 11) is 0. The monoisotopic (exact) mass is 397 g/mol. The smallest absolute Gasteiger partial charge is 0.319 e. The van der Waals surface area contributed by atoms with Gasteiger partial charge in [0.15, 0.2) is 0 Å². The van der Waals surface area contributed by atoms with E-state index in [1.807, 2.05) is 23.5 Å². The number of nitrogens with one attached hydrogen (secondary N) is 2. The van der Waals surface area contributed by atoms with Crippen molar-refractivity contribution in [2.45, 2.75) is 76.5 Å². The Labute approximate surface area is 172 Å². The minimum atomic E-state index is -0.0768. The summed E-state index contributed by atoms with van der Waals surface area (Å²) in [5, 5.41) is 8.41. The summed E-state index contributed by atoms with van der Waals surface area (Å²) in [6.07, 6.45) is 5.93. The molecule has 4 nitrogen and oxygen atoms in total. The summed E-state index contributed by atoms with van der Waals surface area (Å²) < 4.78 is 0. The molecule has 2 saturated heterocycles. The van der Waals surface area contributed by atoms with Crippen LogP contribution in [-0.2, 0) is 6.54 Å². The van der Waals surface area contributed by atoms with Crippen molar-refractivity contribution in [1.29, 1.82) is 0 Å². The van der Waals surface area contributed by atoms with E-state index in [9.17, 15) is 4.79 Å². The number of carbonyl (C=O) groups is 1. The van der Waals surface area contributed by atoms with Gasteiger partial charge >= 0.3 is 6.03 Å². The number of anilines is 1. The summed E-state index contributed by atoms with van der Waals surface area (Å²) in [4.78, 5) is 16.7. The highest BCUT2D eigenvalue weighted by Gasteiger charge is 2.38. The predicted octanol–water partition coefficient (Wildman–Crippen LogP) is 5.58. The highest BCUT2D eigenvalue weighted by Crippen LogP contribution is 2.35. The Morgan fingerprint density at radius 2 is 1.86 bits per heavy atom. The average Bonchev–Trinajstić information content (AvgIpc) is 3.16. The van der Waals surface area contributed by atoms with Crippen molar-refractivity contribution in [2.75, 3.05) is 5.32 Å². The summed E-state index contributed by atoms with van der Waals surface area (Å²) in [5.74, 6) is 0.502. The van der Waals surface area contributed by atoms with Gasteiger partial charge in [0, 0.05) is 35.2 Å². The van der Waals surface area contributed by atoms with Crippen LogP contribution < -0.4 is 10.6 Å². The quantitative estimate of drug-likeness (QED) is 0.692. The first-order valence-electron chi connectivity index (χ1n) is 10.5. The first-order valence-corrected chi connectivity index (χ1v) is 11.4. The number of rotatable bonds is 5. The van der Waals surface area contributed by atoms with E-state index in [-0.39, 0.29) is 12.1 Å². The maximum Gasteiger partial charge on any atom is 0.319 e. The number of hydrogen-bond acceptors (Lipinski definition) is 3. The number of amides is 2. The van der Waals surface area contributed by atoms with E-state index in [1.165, 1.54) is 29.7 Å². The van der Waals surface area contributed by atoms with Crippen molar-refractivity contribution < 1.29 is 4.79 Å². The van der Waals surface area contributed by atoms with Crippen molar-refractivity contribution in [3.63, 3.8) is 0 Å². The molecule has 2 N–H and O–H groups in total. The zero-order valence-corrected chi connectivity index (χ0v) is 17.7.